The van der Waals surface area contributed by atoms with Crippen LogP contribution in [0.5, 0.6) is 0 Å². The van der Waals surface area contributed by atoms with Crippen LogP contribution in [0.4, 0.5) is 0 Å². The van der Waals surface area contributed by atoms with Crippen LogP contribution >= 0.6 is 0 Å². The van der Waals surface area contributed by atoms with Crippen LogP contribution in [0, 0.1) is 11.3 Å². The number of hydrogen-bond acceptors (Lipinski definition) is 2. The fourth-order valence-electron chi connectivity index (χ4n) is 2.17. The standard InChI is InChI=1S/C9H18N2/c1-9(7-2-3-7)5-4-8(10)11-6-9/h7-8,11H,2-6,10H2,1H3. The summed E-state index contributed by atoms with van der Waals surface area (Å²) in [6, 6.07) is 0. The zero-order valence-electron chi connectivity index (χ0n) is 7.27. The molecule has 1 heterocycles. The van der Waals surface area contributed by atoms with E-state index < -0.39 is 0 Å². The van der Waals surface area contributed by atoms with Gasteiger partial charge in [0.05, 0.1) is 6.17 Å². The summed E-state index contributed by atoms with van der Waals surface area (Å²) in [5, 5.41) is 3.37. The minimum atomic E-state index is 0.266. The number of nitrogens with two attached hydrogens (primary N) is 1. The molecule has 2 fully saturated rings. The van der Waals surface area contributed by atoms with Crippen LogP contribution in [0.1, 0.15) is 32.6 Å². The Morgan fingerprint density at radius 1 is 1.36 bits per heavy atom. The maximum atomic E-state index is 5.77. The third-order valence-electron chi connectivity index (χ3n) is 3.36. The predicted molar refractivity (Wildman–Crippen MR) is 46.0 cm³/mol. The molecule has 1 aliphatic heterocycles. The summed E-state index contributed by atoms with van der Waals surface area (Å²) in [5.74, 6) is 1.00. The van der Waals surface area contributed by atoms with Crippen molar-refractivity contribution in [2.24, 2.45) is 17.1 Å². The lowest BCUT2D eigenvalue weighted by Gasteiger charge is -2.37. The van der Waals surface area contributed by atoms with E-state index in [0.29, 0.717) is 5.41 Å². The highest BCUT2D eigenvalue weighted by Gasteiger charge is 2.42. The first-order chi connectivity index (χ1) is 5.21. The highest BCUT2D eigenvalue weighted by Crippen LogP contribution is 2.48. The maximum Gasteiger partial charge on any atom is 0.0546 e. The Morgan fingerprint density at radius 2 is 2.09 bits per heavy atom. The van der Waals surface area contributed by atoms with Gasteiger partial charge >= 0.3 is 0 Å². The Balaban J connectivity index is 1.93. The summed E-state index contributed by atoms with van der Waals surface area (Å²) >= 11 is 0. The molecule has 64 valence electrons. The molecule has 2 rings (SSSR count). The van der Waals surface area contributed by atoms with Gasteiger partial charge < -0.3 is 11.1 Å². The third kappa shape index (κ3) is 1.42. The molecule has 0 aromatic rings. The normalized spacial score (nSPS) is 45.8. The Kier molecular flexibility index (Phi) is 1.69. The van der Waals surface area contributed by atoms with Crippen LogP contribution in [0.2, 0.25) is 0 Å². The fraction of sp³-hybridized carbons (Fsp3) is 1.00. The number of hydrogen-bond donors (Lipinski definition) is 2. The van der Waals surface area contributed by atoms with Gasteiger partial charge in [-0.1, -0.05) is 6.92 Å². The largest absolute Gasteiger partial charge is 0.316 e. The van der Waals surface area contributed by atoms with Crippen LogP contribution in [0.25, 0.3) is 0 Å². The van der Waals surface area contributed by atoms with Gasteiger partial charge in [0.2, 0.25) is 0 Å². The van der Waals surface area contributed by atoms with Gasteiger partial charge in [-0.2, -0.15) is 0 Å². The molecule has 2 unspecified atom stereocenters. The summed E-state index contributed by atoms with van der Waals surface area (Å²) in [4.78, 5) is 0. The Labute approximate surface area is 68.5 Å². The second-order valence-electron chi connectivity index (χ2n) is 4.45. The monoisotopic (exact) mass is 154 g/mol. The summed E-state index contributed by atoms with van der Waals surface area (Å²) in [6.45, 7) is 3.54. The molecule has 0 radical (unpaired) electrons. The minimum Gasteiger partial charge on any atom is -0.316 e. The van der Waals surface area contributed by atoms with Gasteiger partial charge in [-0.15, -0.1) is 0 Å². The number of rotatable bonds is 1. The van der Waals surface area contributed by atoms with Crippen molar-refractivity contribution in [2.45, 2.75) is 38.8 Å². The second-order valence-corrected chi connectivity index (χ2v) is 4.45. The average molecular weight is 154 g/mol. The van der Waals surface area contributed by atoms with Gasteiger partial charge in [0.1, 0.15) is 0 Å². The minimum absolute atomic E-state index is 0.266. The second kappa shape index (κ2) is 2.46. The van der Waals surface area contributed by atoms with E-state index in [4.69, 9.17) is 5.73 Å². The summed E-state index contributed by atoms with van der Waals surface area (Å²) in [7, 11) is 0. The van der Waals surface area contributed by atoms with Gasteiger partial charge in [0.25, 0.3) is 0 Å². The lowest BCUT2D eigenvalue weighted by Crippen LogP contribution is -2.49. The first-order valence-electron chi connectivity index (χ1n) is 4.70. The van der Waals surface area contributed by atoms with Crippen molar-refractivity contribution in [1.29, 1.82) is 0 Å². The Hall–Kier alpha value is -0.0800. The maximum absolute atomic E-state index is 5.77. The van der Waals surface area contributed by atoms with E-state index in [1.165, 1.54) is 19.3 Å². The number of nitrogens with one attached hydrogen (secondary N) is 1. The van der Waals surface area contributed by atoms with Crippen molar-refractivity contribution in [3.63, 3.8) is 0 Å². The van der Waals surface area contributed by atoms with E-state index in [-0.39, 0.29) is 6.17 Å². The molecule has 0 aromatic carbocycles. The van der Waals surface area contributed by atoms with Crippen LogP contribution in [-0.2, 0) is 0 Å². The third-order valence-corrected chi connectivity index (χ3v) is 3.36. The Morgan fingerprint density at radius 3 is 2.55 bits per heavy atom. The quantitative estimate of drug-likeness (QED) is 0.593. The van der Waals surface area contributed by atoms with Crippen LogP contribution in [0.15, 0.2) is 0 Å². The van der Waals surface area contributed by atoms with Crippen LogP contribution < -0.4 is 11.1 Å². The molecular formula is C9H18N2. The molecule has 2 nitrogen and oxygen atoms in total. The van der Waals surface area contributed by atoms with Crippen molar-refractivity contribution < 1.29 is 0 Å². The molecule has 0 spiro atoms. The molecule has 2 aliphatic rings. The SMILES string of the molecule is CC1(C2CC2)CCC(N)NC1. The topological polar surface area (TPSA) is 38.0 Å². The van der Waals surface area contributed by atoms with Crippen molar-refractivity contribution in [3.05, 3.63) is 0 Å². The van der Waals surface area contributed by atoms with E-state index in [2.05, 4.69) is 12.2 Å². The lowest BCUT2D eigenvalue weighted by molar-refractivity contribution is 0.171. The van der Waals surface area contributed by atoms with E-state index in [1.54, 1.807) is 0 Å². The van der Waals surface area contributed by atoms with Gasteiger partial charge in [0.15, 0.2) is 0 Å². The van der Waals surface area contributed by atoms with E-state index in [0.717, 1.165) is 18.9 Å². The first-order valence-corrected chi connectivity index (χ1v) is 4.70. The zero-order chi connectivity index (χ0) is 7.90. The van der Waals surface area contributed by atoms with Crippen molar-refractivity contribution in [3.8, 4) is 0 Å². The molecule has 0 aromatic heterocycles. The van der Waals surface area contributed by atoms with Crippen LogP contribution in [-0.4, -0.2) is 12.7 Å². The van der Waals surface area contributed by atoms with E-state index in [1.807, 2.05) is 0 Å². The number of piperidine rings is 1. The fourth-order valence-corrected chi connectivity index (χ4v) is 2.17. The first kappa shape index (κ1) is 7.56. The average Bonchev–Trinajstić information content (AvgIpc) is 2.77. The molecule has 2 heteroatoms. The highest BCUT2D eigenvalue weighted by molar-refractivity contribution is 4.95. The van der Waals surface area contributed by atoms with Crippen LogP contribution in [0.3, 0.4) is 0 Å². The van der Waals surface area contributed by atoms with E-state index in [9.17, 15) is 0 Å². The molecule has 11 heavy (non-hydrogen) atoms. The summed E-state index contributed by atoms with van der Waals surface area (Å²) in [6.07, 6.45) is 5.65. The van der Waals surface area contributed by atoms with Gasteiger partial charge in [-0.3, -0.25) is 0 Å². The highest BCUT2D eigenvalue weighted by atomic mass is 15.0. The zero-order valence-corrected chi connectivity index (χ0v) is 7.27. The van der Waals surface area contributed by atoms with Crippen molar-refractivity contribution >= 4 is 0 Å². The van der Waals surface area contributed by atoms with E-state index >= 15 is 0 Å². The molecule has 1 saturated heterocycles. The molecule has 1 saturated carbocycles. The lowest BCUT2D eigenvalue weighted by atomic mass is 9.77. The molecular weight excluding hydrogens is 136 g/mol. The van der Waals surface area contributed by atoms with Crippen molar-refractivity contribution in [1.82, 2.24) is 5.32 Å². The Bertz CT molecular complexity index is 144. The van der Waals surface area contributed by atoms with Gasteiger partial charge in [-0.25, -0.2) is 0 Å². The van der Waals surface area contributed by atoms with Gasteiger partial charge in [-0.05, 0) is 37.0 Å². The smallest absolute Gasteiger partial charge is 0.0546 e. The molecule has 0 bridgehead atoms. The molecule has 0 amide bonds. The molecule has 3 N–H and O–H groups in total. The summed E-state index contributed by atoms with van der Waals surface area (Å²) < 4.78 is 0. The predicted octanol–water partition coefficient (Wildman–Crippen LogP) is 1.07. The summed E-state index contributed by atoms with van der Waals surface area (Å²) in [5.41, 5.74) is 6.34. The molecule has 2 atom stereocenters. The van der Waals surface area contributed by atoms with Crippen molar-refractivity contribution in [2.75, 3.05) is 6.54 Å². The molecule has 1 aliphatic carbocycles. The van der Waals surface area contributed by atoms with Gasteiger partial charge in [0, 0.05) is 6.54 Å².